The Bertz CT molecular complexity index is 2380. The second kappa shape index (κ2) is 17.7. The maximum atomic E-state index is 11.6. The average Bonchev–Trinajstić information content (AvgIpc) is 3.98. The monoisotopic (exact) mass is 708 g/mol. The number of aromatic nitrogens is 12. The topological polar surface area (TPSA) is 241 Å². The van der Waals surface area contributed by atoms with E-state index in [4.69, 9.17) is 34.7 Å². The average molecular weight is 709 g/mol. The molecule has 0 spiro atoms. The smallest absolute Gasteiger partial charge is 1.00 e. The summed E-state index contributed by atoms with van der Waals surface area (Å²) in [4.78, 5) is 51.4. The third-order valence-corrected chi connectivity index (χ3v) is 6.64. The van der Waals surface area contributed by atoms with Crippen molar-refractivity contribution in [2.24, 2.45) is 0 Å². The fourth-order valence-corrected chi connectivity index (χ4v) is 4.32. The summed E-state index contributed by atoms with van der Waals surface area (Å²) in [6.07, 6.45) is 13.5. The first-order valence-corrected chi connectivity index (χ1v) is 14.6. The quantitative estimate of drug-likeness (QED) is 0.140. The molecular formula is C30H26ClN12NaO6. The summed E-state index contributed by atoms with van der Waals surface area (Å²) >= 11 is 5.68. The van der Waals surface area contributed by atoms with Crippen molar-refractivity contribution in [3.63, 3.8) is 0 Å². The van der Waals surface area contributed by atoms with Crippen LogP contribution in [-0.4, -0.2) is 64.5 Å². The Kier molecular flexibility index (Phi) is 12.6. The van der Waals surface area contributed by atoms with Gasteiger partial charge in [0, 0.05) is 0 Å². The molecule has 0 saturated carbocycles. The van der Waals surface area contributed by atoms with Crippen LogP contribution >= 0.6 is 11.6 Å². The number of imidazole rings is 3. The summed E-state index contributed by atoms with van der Waals surface area (Å²) in [7, 11) is 0. The molecule has 9 heterocycles. The Morgan fingerprint density at radius 1 is 0.740 bits per heavy atom. The number of hydrogen-bond donors (Lipinski definition) is 4. The van der Waals surface area contributed by atoms with Crippen molar-refractivity contribution in [3.8, 4) is 5.88 Å². The number of aromatic amines is 3. The van der Waals surface area contributed by atoms with E-state index in [2.05, 4.69) is 54.8 Å². The van der Waals surface area contributed by atoms with Crippen LogP contribution in [0.3, 0.4) is 0 Å². The summed E-state index contributed by atoms with van der Waals surface area (Å²) in [6, 6.07) is 10.8. The summed E-state index contributed by atoms with van der Waals surface area (Å²) in [5.74, 6) is 2.59. The number of H-pyrrole nitrogens is 3. The van der Waals surface area contributed by atoms with E-state index < -0.39 is 0 Å². The Morgan fingerprint density at radius 2 is 1.34 bits per heavy atom. The molecular weight excluding hydrogens is 683 g/mol. The Hall–Kier alpha value is -5.66. The van der Waals surface area contributed by atoms with Crippen LogP contribution in [0.15, 0.2) is 111 Å². The largest absolute Gasteiger partial charge is 1.00 e. The summed E-state index contributed by atoms with van der Waals surface area (Å²) < 4.78 is 22.3. The van der Waals surface area contributed by atoms with Crippen molar-refractivity contribution in [1.82, 2.24) is 59.4 Å². The first kappa shape index (κ1) is 35.6. The number of nitrogens with one attached hydrogen (secondary N) is 3. The zero-order chi connectivity index (χ0) is 33.8. The van der Waals surface area contributed by atoms with Crippen LogP contribution in [0.25, 0.3) is 33.5 Å². The Balaban J connectivity index is 0.000000157. The van der Waals surface area contributed by atoms with E-state index in [9.17, 15) is 4.79 Å². The van der Waals surface area contributed by atoms with E-state index in [1.165, 1.54) is 31.6 Å². The number of furan rings is 3. The van der Waals surface area contributed by atoms with Crippen molar-refractivity contribution in [1.29, 1.82) is 0 Å². The van der Waals surface area contributed by atoms with Gasteiger partial charge in [-0.05, 0) is 36.4 Å². The summed E-state index contributed by atoms with van der Waals surface area (Å²) in [5, 5.41) is 8.74. The van der Waals surface area contributed by atoms with Gasteiger partial charge < -0.3 is 44.0 Å². The third kappa shape index (κ3) is 9.07. The molecule has 0 radical (unpaired) electrons. The molecule has 4 N–H and O–H groups in total. The maximum absolute atomic E-state index is 11.6. The first-order chi connectivity index (χ1) is 24.1. The van der Waals surface area contributed by atoms with Crippen LogP contribution in [-0.2, 0) is 19.8 Å². The molecule has 0 atom stereocenters. The molecule has 9 aromatic heterocycles. The van der Waals surface area contributed by atoms with Gasteiger partial charge in [-0.15, -0.1) is 0 Å². The molecule has 0 bridgehead atoms. The van der Waals surface area contributed by atoms with E-state index in [-0.39, 0.29) is 43.2 Å². The van der Waals surface area contributed by atoms with Gasteiger partial charge in [-0.3, -0.25) is 4.79 Å². The van der Waals surface area contributed by atoms with Gasteiger partial charge in [0.1, 0.15) is 54.2 Å². The van der Waals surface area contributed by atoms with Crippen LogP contribution in [0.5, 0.6) is 5.88 Å². The predicted molar refractivity (Wildman–Crippen MR) is 173 cm³/mol. The van der Waals surface area contributed by atoms with Crippen molar-refractivity contribution in [2.45, 2.75) is 19.8 Å². The molecule has 0 aliphatic carbocycles. The molecule has 250 valence electrons. The molecule has 0 saturated heterocycles. The van der Waals surface area contributed by atoms with Crippen LogP contribution < -0.4 is 39.9 Å². The summed E-state index contributed by atoms with van der Waals surface area (Å²) in [6.45, 7) is 0.795. The van der Waals surface area contributed by atoms with Gasteiger partial charge in [0.25, 0.3) is 5.56 Å². The van der Waals surface area contributed by atoms with Crippen LogP contribution in [0.4, 0.5) is 0 Å². The molecule has 0 amide bonds. The molecule has 9 aromatic rings. The van der Waals surface area contributed by atoms with Gasteiger partial charge in [0.05, 0.1) is 50.6 Å². The summed E-state index contributed by atoms with van der Waals surface area (Å²) in [5.41, 5.74) is 3.26. The molecule has 20 heteroatoms. The van der Waals surface area contributed by atoms with Gasteiger partial charge in [-0.25, -0.2) is 34.9 Å². The van der Waals surface area contributed by atoms with Gasteiger partial charge in [0.2, 0.25) is 5.88 Å². The number of rotatable bonds is 6. The van der Waals surface area contributed by atoms with Gasteiger partial charge >= 0.3 is 29.6 Å². The van der Waals surface area contributed by atoms with E-state index in [1.807, 2.05) is 18.2 Å². The Morgan fingerprint density at radius 3 is 1.98 bits per heavy atom. The third-order valence-electron chi connectivity index (χ3n) is 6.35. The molecule has 18 nitrogen and oxygen atoms in total. The second-order valence-electron chi connectivity index (χ2n) is 9.51. The number of hydrogen-bond acceptors (Lipinski definition) is 14. The van der Waals surface area contributed by atoms with Crippen molar-refractivity contribution >= 4 is 45.1 Å². The number of aliphatic hydroxyl groups excluding tert-OH is 1. The van der Waals surface area contributed by atoms with Crippen molar-refractivity contribution < 1.29 is 54.1 Å². The normalized spacial score (nSPS) is 10.4. The number of nitrogens with zero attached hydrogens (tertiary/aromatic N) is 9. The standard InChI is InChI=1S/2C10H8N4O2.C5H3ClN4.C5H6O2.Na.H/c15-10-8-9(11-5-12-10)13-6-14(8)4-7-2-1-3-16-7;1-2-7(15-3-1)4-16-10-8-9(12-5-11-8)13-6-14-10;6-4-3-5(9-1-7-3)10-2-8-4;6-4-5-2-1-3-7-5;;/h1-3,5-6H,4H2,(H,11,12,15);1-3,5-6H,4H2,(H,11,12,13,14);1-2H,(H,7,8,9,10);1-3,6H,4H2;;/q;;;;+1;-1. The minimum atomic E-state index is -0.200. The molecule has 50 heavy (non-hydrogen) atoms. The van der Waals surface area contributed by atoms with Crippen molar-refractivity contribution in [3.05, 3.63) is 126 Å². The zero-order valence-electron chi connectivity index (χ0n) is 27.2. The fourth-order valence-electron chi connectivity index (χ4n) is 4.13. The minimum Gasteiger partial charge on any atom is -1.00 e. The zero-order valence-corrected chi connectivity index (χ0v) is 28.9. The van der Waals surface area contributed by atoms with E-state index in [0.717, 1.165) is 11.5 Å². The van der Waals surface area contributed by atoms with E-state index in [0.29, 0.717) is 63.4 Å². The van der Waals surface area contributed by atoms with E-state index >= 15 is 0 Å². The fraction of sp³-hybridized carbons (Fsp3) is 0.100. The number of halogens is 1. The molecule has 0 unspecified atom stereocenters. The molecule has 9 rings (SSSR count). The second-order valence-corrected chi connectivity index (χ2v) is 9.86. The van der Waals surface area contributed by atoms with E-state index in [1.54, 1.807) is 47.9 Å². The number of aliphatic hydroxyl groups is 1. The van der Waals surface area contributed by atoms with Gasteiger partial charge in [-0.2, -0.15) is 4.98 Å². The van der Waals surface area contributed by atoms with Crippen LogP contribution in [0.2, 0.25) is 5.15 Å². The number of fused-ring (bicyclic) bond motifs is 3. The molecule has 0 aliphatic heterocycles. The maximum Gasteiger partial charge on any atom is 1.00 e. The van der Waals surface area contributed by atoms with Gasteiger partial charge in [-0.1, -0.05) is 11.6 Å². The number of ether oxygens (including phenoxy) is 1. The predicted octanol–water partition coefficient (Wildman–Crippen LogP) is 1.18. The molecule has 0 aromatic carbocycles. The van der Waals surface area contributed by atoms with Crippen LogP contribution in [0.1, 0.15) is 18.7 Å². The van der Waals surface area contributed by atoms with Crippen LogP contribution in [0, 0.1) is 0 Å². The molecule has 0 aliphatic rings. The first-order valence-electron chi connectivity index (χ1n) is 14.2. The SMILES string of the molecule is Clc1ncnc2nc[nH]c12.O=c1[nH]cnc2ncn(Cc3ccco3)c12.OCc1ccco1.[H-].[Na+].c1coc(COc2ncnc3nc[nH]c23)c1. The Labute approximate surface area is 308 Å². The van der Waals surface area contributed by atoms with Gasteiger partial charge in [0.15, 0.2) is 27.6 Å². The minimum absolute atomic E-state index is 0. The molecule has 0 fully saturated rings. The van der Waals surface area contributed by atoms with Crippen molar-refractivity contribution in [2.75, 3.05) is 0 Å².